The van der Waals surface area contributed by atoms with E-state index in [4.69, 9.17) is 81.5 Å². The molecule has 17 nitrogen and oxygen atoms in total. The summed E-state index contributed by atoms with van der Waals surface area (Å²) in [5.41, 5.74) is 0. The van der Waals surface area contributed by atoms with E-state index in [9.17, 15) is 28.8 Å². The number of rotatable bonds is 16. The topological polar surface area (TPSA) is 207 Å². The Kier molecular flexibility index (Phi) is 17.8. The summed E-state index contributed by atoms with van der Waals surface area (Å²) in [5.74, 6) is -7.32. The number of amides is 1. The minimum atomic E-state index is -2.53. The van der Waals surface area contributed by atoms with Crippen LogP contribution in [0.3, 0.4) is 0 Å². The summed E-state index contributed by atoms with van der Waals surface area (Å²) in [6, 6.07) is -1.58. The molecule has 1 amide bonds. The summed E-state index contributed by atoms with van der Waals surface area (Å²) in [4.78, 5) is 74.9. The van der Waals surface area contributed by atoms with Crippen molar-refractivity contribution in [3.63, 3.8) is 0 Å². The van der Waals surface area contributed by atoms with Gasteiger partial charge in [0.05, 0.1) is 32.8 Å². The number of hydrogen-bond acceptors (Lipinski definition) is 16. The van der Waals surface area contributed by atoms with Gasteiger partial charge < -0.3 is 47.5 Å². The summed E-state index contributed by atoms with van der Waals surface area (Å²) < 4.78 is 52.3. The van der Waals surface area contributed by atoms with E-state index in [1.165, 1.54) is 0 Å². The molecule has 1 aliphatic heterocycles. The van der Waals surface area contributed by atoms with Crippen LogP contribution in [0.15, 0.2) is 0 Å². The van der Waals surface area contributed by atoms with Gasteiger partial charge >= 0.3 is 44.5 Å². The fourth-order valence-electron chi connectivity index (χ4n) is 4.00. The Labute approximate surface area is 281 Å². The molecule has 1 N–H and O–H groups in total. The van der Waals surface area contributed by atoms with Crippen molar-refractivity contribution < 1.29 is 75.5 Å². The highest BCUT2D eigenvalue weighted by atomic mass is 35.6. The minimum absolute atomic E-state index is 0.0615. The van der Waals surface area contributed by atoms with Crippen molar-refractivity contribution in [2.75, 3.05) is 33.5 Å². The predicted octanol–water partition coefficient (Wildman–Crippen LogP) is 2.78. The summed E-state index contributed by atoms with van der Waals surface area (Å²) in [5, 5.41) is 2.38. The lowest BCUT2D eigenvalue weighted by Gasteiger charge is -2.48. The lowest BCUT2D eigenvalue weighted by atomic mass is 9.88. The quantitative estimate of drug-likeness (QED) is 0.104. The zero-order chi connectivity index (χ0) is 35.2. The second-order valence-electron chi connectivity index (χ2n) is 9.22. The lowest BCUT2D eigenvalue weighted by molar-refractivity contribution is -0.291. The van der Waals surface area contributed by atoms with Gasteiger partial charge in [-0.3, -0.25) is 23.7 Å². The molecule has 1 heterocycles. The molecule has 0 unspecified atom stereocenters. The number of hydrogen-bond donors (Lipinski definition) is 1. The van der Waals surface area contributed by atoms with Crippen LogP contribution in [0.1, 0.15) is 48.0 Å². The first-order chi connectivity index (χ1) is 21.4. The zero-order valence-corrected chi connectivity index (χ0v) is 29.2. The van der Waals surface area contributed by atoms with Crippen LogP contribution in [0.25, 0.3) is 0 Å². The Morgan fingerprint density at radius 1 is 0.913 bits per heavy atom. The first-order valence-electron chi connectivity index (χ1n) is 13.5. The maximum Gasteiger partial charge on any atom is 0.407 e. The van der Waals surface area contributed by atoms with Gasteiger partial charge in [-0.15, -0.1) is 0 Å². The molecule has 21 heteroatoms. The molecule has 46 heavy (non-hydrogen) atoms. The van der Waals surface area contributed by atoms with Gasteiger partial charge in [0.2, 0.25) is 3.79 Å². The molecule has 0 aromatic heterocycles. The minimum Gasteiger partial charge on any atom is -0.465 e. The van der Waals surface area contributed by atoms with Crippen LogP contribution in [-0.2, 0) is 70.7 Å². The third kappa shape index (κ3) is 14.3. The monoisotopic (exact) mass is 743 g/mol. The fraction of sp³-hybridized carbons (Fsp3) is 0.760. The molecule has 264 valence electrons. The molecule has 6 atom stereocenters. The van der Waals surface area contributed by atoms with Gasteiger partial charge in [-0.25, -0.2) is 9.59 Å². The Bertz CT molecular complexity index is 1070. The van der Waals surface area contributed by atoms with E-state index < -0.39 is 104 Å². The molecule has 0 aromatic carbocycles. The predicted molar refractivity (Wildman–Crippen MR) is 157 cm³/mol. The second kappa shape index (κ2) is 19.5. The number of ether oxygens (including phenoxy) is 7. The normalized spacial score (nSPS) is 22.5. The number of alkyl carbamates (subject to hydrolysis) is 1. The maximum atomic E-state index is 13.4. The average Bonchev–Trinajstić information content (AvgIpc) is 2.93. The summed E-state index contributed by atoms with van der Waals surface area (Å²) in [6.45, 7) is 6.01. The number of esters is 5. The number of carbonyl (C=O) groups is 6. The molecule has 0 saturated carbocycles. The van der Waals surface area contributed by atoms with Crippen molar-refractivity contribution in [1.82, 2.24) is 5.32 Å². The third-order valence-corrected chi connectivity index (χ3v) is 7.18. The van der Waals surface area contributed by atoms with Gasteiger partial charge in [-0.05, 0) is 13.8 Å². The van der Waals surface area contributed by atoms with Crippen molar-refractivity contribution in [2.24, 2.45) is 0 Å². The van der Waals surface area contributed by atoms with Crippen LogP contribution in [0.4, 0.5) is 4.79 Å². The van der Waals surface area contributed by atoms with Crippen molar-refractivity contribution in [3.05, 3.63) is 0 Å². The summed E-state index contributed by atoms with van der Waals surface area (Å²) >= 11 is 17.1. The number of halogens is 3. The zero-order valence-electron chi connectivity index (χ0n) is 26.0. The molecular formula is C25H37Cl3NO16P. The molecule has 0 aromatic rings. The van der Waals surface area contributed by atoms with E-state index in [0.717, 1.165) is 34.8 Å². The van der Waals surface area contributed by atoms with E-state index in [2.05, 4.69) is 5.32 Å². The summed E-state index contributed by atoms with van der Waals surface area (Å²) in [7, 11) is -1.34. The highest BCUT2D eigenvalue weighted by molar-refractivity contribution is 7.41. The number of alkyl halides is 3. The average molecular weight is 745 g/mol. The highest BCUT2D eigenvalue weighted by Crippen LogP contribution is 2.49. The Hall–Kier alpha value is -2.24. The van der Waals surface area contributed by atoms with E-state index in [1.54, 1.807) is 13.8 Å². The van der Waals surface area contributed by atoms with Gasteiger partial charge in [0.15, 0.2) is 12.2 Å². The number of nitrogens with one attached hydrogen (secondary N) is 1. The molecule has 1 rings (SSSR count). The Morgan fingerprint density at radius 2 is 1.50 bits per heavy atom. The van der Waals surface area contributed by atoms with Gasteiger partial charge in [-0.2, -0.15) is 0 Å². The Balaban J connectivity index is 3.96. The molecular weight excluding hydrogens is 708 g/mol. The molecule has 0 bridgehead atoms. The largest absolute Gasteiger partial charge is 0.465 e. The Morgan fingerprint density at radius 3 is 1.96 bits per heavy atom. The van der Waals surface area contributed by atoms with E-state index in [-0.39, 0.29) is 13.2 Å². The van der Waals surface area contributed by atoms with E-state index in [0.29, 0.717) is 0 Å². The van der Waals surface area contributed by atoms with Crippen molar-refractivity contribution in [3.8, 4) is 0 Å². The van der Waals surface area contributed by atoms with Crippen molar-refractivity contribution in [2.45, 2.75) is 88.0 Å². The smallest absolute Gasteiger partial charge is 0.407 e. The lowest BCUT2D eigenvalue weighted by Crippen LogP contribution is -2.69. The van der Waals surface area contributed by atoms with Crippen LogP contribution in [0.5, 0.6) is 0 Å². The van der Waals surface area contributed by atoms with Crippen LogP contribution in [-0.4, -0.2) is 110 Å². The van der Waals surface area contributed by atoms with Gasteiger partial charge in [0, 0.05) is 27.7 Å². The molecule has 1 aliphatic rings. The third-order valence-electron chi connectivity index (χ3n) is 5.47. The van der Waals surface area contributed by atoms with Crippen LogP contribution < -0.4 is 5.32 Å². The molecule has 0 radical (unpaired) electrons. The van der Waals surface area contributed by atoms with Crippen LogP contribution >= 0.6 is 43.4 Å². The van der Waals surface area contributed by atoms with Gasteiger partial charge in [0.1, 0.15) is 25.4 Å². The maximum absolute atomic E-state index is 13.4. The molecule has 0 spiro atoms. The molecule has 1 saturated heterocycles. The summed E-state index contributed by atoms with van der Waals surface area (Å²) in [6.07, 6.45) is -8.75. The number of methoxy groups -OCH3 is 1. The molecule has 1 fully saturated rings. The van der Waals surface area contributed by atoms with Crippen LogP contribution in [0, 0.1) is 0 Å². The first kappa shape index (κ1) is 41.8. The van der Waals surface area contributed by atoms with Crippen molar-refractivity contribution >= 4 is 79.3 Å². The SMILES string of the molecule is CCOP(OCC)O[C@@]1(C(=O)OC)C[C@H](OC(C)=O)[C@@H](NC(=O)OCC(Cl)(Cl)Cl)[C@H]([C@H](OC(C)=O)[C@@H](COC(C)=O)OC(C)=O)O1. The highest BCUT2D eigenvalue weighted by Gasteiger charge is 2.60. The standard InChI is InChI=1S/C25H37Cl3NO16P/c1-8-39-46(40-9-2)45-24(22(34)36-7)10-17(41-14(4)31)19(29-23(35)38-12-25(26,27)28)21(44-24)20(43-16(6)33)18(42-15(5)32)11-37-13(3)30/h17-21H,8-12H2,1-7H3,(H,29,35)/t17-,18+,19+,20+,21+,24+/m0/s1. The first-order valence-corrected chi connectivity index (χ1v) is 15.8. The fourth-order valence-corrected chi connectivity index (χ4v) is 5.20. The molecule has 0 aliphatic carbocycles. The van der Waals surface area contributed by atoms with Crippen LogP contribution in [0.2, 0.25) is 0 Å². The van der Waals surface area contributed by atoms with E-state index in [1.807, 2.05) is 0 Å². The second-order valence-corrected chi connectivity index (χ2v) is 12.9. The van der Waals surface area contributed by atoms with Gasteiger partial charge in [-0.1, -0.05) is 34.8 Å². The van der Waals surface area contributed by atoms with Crippen molar-refractivity contribution in [1.29, 1.82) is 0 Å². The number of carbonyl (C=O) groups excluding carboxylic acids is 6. The van der Waals surface area contributed by atoms with E-state index >= 15 is 0 Å². The van der Waals surface area contributed by atoms with Gasteiger partial charge in [0.25, 0.3) is 5.79 Å².